The maximum absolute atomic E-state index is 12.7. The molecule has 2 aromatic rings. The minimum absolute atomic E-state index is 0.181. The summed E-state index contributed by atoms with van der Waals surface area (Å²) < 4.78 is 1.72. The first-order chi connectivity index (χ1) is 11.5. The molecule has 0 radical (unpaired) electrons. The highest BCUT2D eigenvalue weighted by Gasteiger charge is 2.31. The van der Waals surface area contributed by atoms with Crippen LogP contribution in [0.5, 0.6) is 0 Å². The molecule has 7 nitrogen and oxygen atoms in total. The number of pyridine rings is 1. The second kappa shape index (κ2) is 6.59. The Hall–Kier alpha value is -2.44. The van der Waals surface area contributed by atoms with Crippen LogP contribution >= 0.6 is 0 Å². The van der Waals surface area contributed by atoms with Gasteiger partial charge in [0, 0.05) is 19.4 Å². The van der Waals surface area contributed by atoms with E-state index in [0.29, 0.717) is 5.69 Å². The molecule has 1 fully saturated rings. The van der Waals surface area contributed by atoms with Gasteiger partial charge in [-0.1, -0.05) is 12.8 Å². The van der Waals surface area contributed by atoms with E-state index in [1.165, 1.54) is 6.92 Å². The lowest BCUT2D eigenvalue weighted by Gasteiger charge is -2.23. The summed E-state index contributed by atoms with van der Waals surface area (Å²) in [6.45, 7) is 3.36. The number of aromatic nitrogens is 3. The smallest absolute Gasteiger partial charge is 0.247 e. The van der Waals surface area contributed by atoms with E-state index in [2.05, 4.69) is 20.7 Å². The molecule has 1 atom stereocenters. The van der Waals surface area contributed by atoms with Gasteiger partial charge >= 0.3 is 0 Å². The van der Waals surface area contributed by atoms with Gasteiger partial charge in [0.25, 0.3) is 0 Å². The molecule has 0 aliphatic heterocycles. The summed E-state index contributed by atoms with van der Waals surface area (Å²) in [5.74, 6) is -0.163. The zero-order valence-electron chi connectivity index (χ0n) is 14.3. The highest BCUT2D eigenvalue weighted by Crippen LogP contribution is 2.28. The first kappa shape index (κ1) is 16.4. The average Bonchev–Trinajstić information content (AvgIpc) is 3.14. The number of nitrogens with one attached hydrogen (secondary N) is 2. The molecule has 0 spiro atoms. The minimum Gasteiger partial charge on any atom is -0.344 e. The molecule has 1 aliphatic rings. The van der Waals surface area contributed by atoms with Crippen LogP contribution < -0.4 is 10.6 Å². The normalized spacial score (nSPS) is 16.3. The van der Waals surface area contributed by atoms with E-state index in [9.17, 15) is 9.59 Å². The zero-order valence-corrected chi connectivity index (χ0v) is 14.3. The molecule has 0 unspecified atom stereocenters. The standard InChI is InChI=1S/C17H23N5O2/c1-10-14-8-13(9-18-16(14)22(3)21-10)20-17(24)15(19-11(2)23)12-6-4-5-7-12/h8-9,12,15H,4-7H2,1-3H3,(H,19,23)(H,20,24)/t15-/m0/s1. The summed E-state index contributed by atoms with van der Waals surface area (Å²) in [7, 11) is 1.84. The van der Waals surface area contributed by atoms with Gasteiger partial charge in [-0.25, -0.2) is 4.98 Å². The summed E-state index contributed by atoms with van der Waals surface area (Å²) in [4.78, 5) is 28.5. The number of fused-ring (bicyclic) bond motifs is 1. The lowest BCUT2D eigenvalue weighted by molar-refractivity contribution is -0.126. The Morgan fingerprint density at radius 2 is 2.04 bits per heavy atom. The number of aryl methyl sites for hydroxylation is 2. The fourth-order valence-corrected chi connectivity index (χ4v) is 3.50. The van der Waals surface area contributed by atoms with Crippen LogP contribution in [0.4, 0.5) is 5.69 Å². The zero-order chi connectivity index (χ0) is 17.3. The number of nitrogens with zero attached hydrogens (tertiary/aromatic N) is 3. The Bertz CT molecular complexity index is 777. The number of carbonyl (C=O) groups excluding carboxylic acids is 2. The molecule has 1 saturated carbocycles. The molecule has 0 saturated heterocycles. The summed E-state index contributed by atoms with van der Waals surface area (Å²) >= 11 is 0. The molecular formula is C17H23N5O2. The van der Waals surface area contributed by atoms with E-state index in [1.54, 1.807) is 10.9 Å². The number of carbonyl (C=O) groups is 2. The van der Waals surface area contributed by atoms with Crippen LogP contribution in [0.25, 0.3) is 11.0 Å². The molecule has 128 valence electrons. The van der Waals surface area contributed by atoms with Crippen LogP contribution in [-0.2, 0) is 16.6 Å². The van der Waals surface area contributed by atoms with E-state index in [-0.39, 0.29) is 17.7 Å². The lowest BCUT2D eigenvalue weighted by atomic mass is 9.97. The number of hydrogen-bond donors (Lipinski definition) is 2. The van der Waals surface area contributed by atoms with Crippen molar-refractivity contribution in [3.05, 3.63) is 18.0 Å². The van der Waals surface area contributed by atoms with Crippen molar-refractivity contribution >= 4 is 28.5 Å². The molecular weight excluding hydrogens is 306 g/mol. The largest absolute Gasteiger partial charge is 0.344 e. The van der Waals surface area contributed by atoms with Crippen LogP contribution in [0.2, 0.25) is 0 Å². The van der Waals surface area contributed by atoms with Crippen molar-refractivity contribution in [2.75, 3.05) is 5.32 Å². The van der Waals surface area contributed by atoms with Gasteiger partial charge in [-0.15, -0.1) is 0 Å². The fraction of sp³-hybridized carbons (Fsp3) is 0.529. The Labute approximate surface area is 140 Å². The molecule has 0 bridgehead atoms. The first-order valence-electron chi connectivity index (χ1n) is 8.33. The highest BCUT2D eigenvalue weighted by molar-refractivity contribution is 5.98. The van der Waals surface area contributed by atoms with Crippen molar-refractivity contribution in [3.8, 4) is 0 Å². The van der Waals surface area contributed by atoms with E-state index < -0.39 is 6.04 Å². The van der Waals surface area contributed by atoms with Gasteiger partial charge < -0.3 is 10.6 Å². The molecule has 1 aliphatic carbocycles. The molecule has 3 rings (SSSR count). The lowest BCUT2D eigenvalue weighted by Crippen LogP contribution is -2.47. The van der Waals surface area contributed by atoms with Gasteiger partial charge in [0.2, 0.25) is 11.8 Å². The number of hydrogen-bond acceptors (Lipinski definition) is 4. The third-order valence-corrected chi connectivity index (χ3v) is 4.64. The van der Waals surface area contributed by atoms with Crippen LogP contribution in [0, 0.1) is 12.8 Å². The Morgan fingerprint density at radius 3 is 2.71 bits per heavy atom. The SMILES string of the molecule is CC(=O)N[C@H](C(=O)Nc1cnc2c(c1)c(C)nn2C)C1CCCC1. The number of anilines is 1. The molecule has 2 amide bonds. The van der Waals surface area contributed by atoms with Crippen molar-refractivity contribution in [1.82, 2.24) is 20.1 Å². The summed E-state index contributed by atoms with van der Waals surface area (Å²) in [5.41, 5.74) is 2.27. The topological polar surface area (TPSA) is 88.9 Å². The molecule has 2 aromatic heterocycles. The summed E-state index contributed by atoms with van der Waals surface area (Å²) in [6, 6.07) is 1.39. The van der Waals surface area contributed by atoms with Crippen molar-refractivity contribution in [1.29, 1.82) is 0 Å². The van der Waals surface area contributed by atoms with Gasteiger partial charge in [0.1, 0.15) is 6.04 Å². The Morgan fingerprint density at radius 1 is 1.33 bits per heavy atom. The molecule has 0 aromatic carbocycles. The molecule has 24 heavy (non-hydrogen) atoms. The van der Waals surface area contributed by atoms with Gasteiger partial charge in [0.15, 0.2) is 5.65 Å². The van der Waals surface area contributed by atoms with E-state index in [4.69, 9.17) is 0 Å². The van der Waals surface area contributed by atoms with Crippen LogP contribution in [0.1, 0.15) is 38.3 Å². The maximum Gasteiger partial charge on any atom is 0.247 e. The number of rotatable bonds is 4. The van der Waals surface area contributed by atoms with Gasteiger partial charge in [-0.3, -0.25) is 14.3 Å². The third kappa shape index (κ3) is 3.25. The average molecular weight is 329 g/mol. The monoisotopic (exact) mass is 329 g/mol. The summed E-state index contributed by atoms with van der Waals surface area (Å²) in [6.07, 6.45) is 5.78. The first-order valence-corrected chi connectivity index (χ1v) is 8.33. The predicted octanol–water partition coefficient (Wildman–Crippen LogP) is 1.91. The molecule has 7 heteroatoms. The second-order valence-electron chi connectivity index (χ2n) is 6.52. The van der Waals surface area contributed by atoms with Crippen molar-refractivity contribution in [2.24, 2.45) is 13.0 Å². The fourth-order valence-electron chi connectivity index (χ4n) is 3.50. The van der Waals surface area contributed by atoms with Crippen molar-refractivity contribution in [3.63, 3.8) is 0 Å². The van der Waals surface area contributed by atoms with Gasteiger partial charge in [-0.05, 0) is 31.7 Å². The molecule has 2 N–H and O–H groups in total. The molecule has 2 heterocycles. The van der Waals surface area contributed by atoms with E-state index >= 15 is 0 Å². The highest BCUT2D eigenvalue weighted by atomic mass is 16.2. The minimum atomic E-state index is -0.490. The van der Waals surface area contributed by atoms with Crippen LogP contribution in [-0.4, -0.2) is 32.6 Å². The van der Waals surface area contributed by atoms with Crippen molar-refractivity contribution < 1.29 is 9.59 Å². The second-order valence-corrected chi connectivity index (χ2v) is 6.52. The van der Waals surface area contributed by atoms with Crippen molar-refractivity contribution in [2.45, 2.75) is 45.6 Å². The predicted molar refractivity (Wildman–Crippen MR) is 91.4 cm³/mol. The Kier molecular flexibility index (Phi) is 4.51. The quantitative estimate of drug-likeness (QED) is 0.897. The Balaban J connectivity index is 1.81. The van der Waals surface area contributed by atoms with E-state index in [1.807, 2.05) is 20.0 Å². The number of amides is 2. The van der Waals surface area contributed by atoms with Crippen LogP contribution in [0.3, 0.4) is 0 Å². The third-order valence-electron chi connectivity index (χ3n) is 4.64. The van der Waals surface area contributed by atoms with Crippen LogP contribution in [0.15, 0.2) is 12.3 Å². The van der Waals surface area contributed by atoms with Gasteiger partial charge in [0.05, 0.1) is 17.6 Å². The van der Waals surface area contributed by atoms with Gasteiger partial charge in [-0.2, -0.15) is 5.10 Å². The maximum atomic E-state index is 12.7. The van der Waals surface area contributed by atoms with E-state index in [0.717, 1.165) is 42.4 Å². The summed E-state index contributed by atoms with van der Waals surface area (Å²) in [5, 5.41) is 10.9.